The van der Waals surface area contributed by atoms with Crippen molar-refractivity contribution >= 4 is 17.6 Å². The highest BCUT2D eigenvalue weighted by Gasteiger charge is 2.41. The Morgan fingerprint density at radius 1 is 1.11 bits per heavy atom. The van der Waals surface area contributed by atoms with E-state index in [1.807, 2.05) is 44.2 Å². The first kappa shape index (κ1) is 25.0. The van der Waals surface area contributed by atoms with Gasteiger partial charge in [-0.2, -0.15) is 0 Å². The summed E-state index contributed by atoms with van der Waals surface area (Å²) in [7, 11) is 1.62. The van der Waals surface area contributed by atoms with Crippen molar-refractivity contribution in [2.75, 3.05) is 31.8 Å². The van der Waals surface area contributed by atoms with Crippen LogP contribution in [-0.2, 0) is 4.74 Å². The summed E-state index contributed by atoms with van der Waals surface area (Å²) in [5.74, 6) is 1.46. The number of fused-ring (bicyclic) bond motifs is 2. The first-order valence-corrected chi connectivity index (χ1v) is 12.6. The van der Waals surface area contributed by atoms with E-state index in [-0.39, 0.29) is 17.9 Å². The number of amides is 2. The van der Waals surface area contributed by atoms with Gasteiger partial charge < -0.3 is 25.0 Å². The Balaban J connectivity index is 1.33. The van der Waals surface area contributed by atoms with Crippen molar-refractivity contribution in [2.45, 2.75) is 64.1 Å². The number of hydrogen-bond donors (Lipinski definition) is 2. The predicted octanol–water partition coefficient (Wildman–Crippen LogP) is 3.48. The zero-order valence-corrected chi connectivity index (χ0v) is 20.9. The molecule has 2 atom stereocenters. The van der Waals surface area contributed by atoms with E-state index in [0.29, 0.717) is 43.0 Å². The molecule has 188 valence electrons. The van der Waals surface area contributed by atoms with Crippen LogP contribution in [0.25, 0.3) is 0 Å². The predicted molar refractivity (Wildman–Crippen MR) is 135 cm³/mol. The van der Waals surface area contributed by atoms with E-state index in [4.69, 9.17) is 9.47 Å². The Labute approximate surface area is 207 Å². The molecule has 3 heterocycles. The summed E-state index contributed by atoms with van der Waals surface area (Å²) in [6.45, 7) is 5.79. The Kier molecular flexibility index (Phi) is 8.23. The van der Waals surface area contributed by atoms with Crippen molar-refractivity contribution in [3.63, 3.8) is 0 Å². The summed E-state index contributed by atoms with van der Waals surface area (Å²) < 4.78 is 10.7. The number of rotatable bonds is 10. The second-order valence-electron chi connectivity index (χ2n) is 9.28. The number of ether oxygens (including phenoxy) is 2. The Hall–Kier alpha value is -3.13. The molecule has 2 fully saturated rings. The fraction of sp³-hybridized carbons (Fsp3) is 0.519. The zero-order chi connectivity index (χ0) is 24.8. The third-order valence-electron chi connectivity index (χ3n) is 7.05. The molecular formula is C27H36N4O4. The molecule has 4 rings (SSSR count). The van der Waals surface area contributed by atoms with E-state index in [2.05, 4.69) is 20.5 Å². The minimum absolute atomic E-state index is 0.0472. The van der Waals surface area contributed by atoms with Gasteiger partial charge in [-0.25, -0.2) is 4.98 Å². The third kappa shape index (κ3) is 5.75. The average Bonchev–Trinajstić information content (AvgIpc) is 3.14. The summed E-state index contributed by atoms with van der Waals surface area (Å²) in [5.41, 5.74) is 2.08. The highest BCUT2D eigenvalue weighted by molar-refractivity contribution is 5.96. The number of carbonyl (C=O) groups is 2. The van der Waals surface area contributed by atoms with Gasteiger partial charge in [-0.1, -0.05) is 6.07 Å². The van der Waals surface area contributed by atoms with Crippen LogP contribution in [0.1, 0.15) is 65.3 Å². The summed E-state index contributed by atoms with van der Waals surface area (Å²) in [6.07, 6.45) is 6.38. The molecular weight excluding hydrogens is 444 g/mol. The first-order chi connectivity index (χ1) is 17.0. The first-order valence-electron chi connectivity index (χ1n) is 12.6. The van der Waals surface area contributed by atoms with Crippen LogP contribution in [0.15, 0.2) is 36.5 Å². The number of methoxy groups -OCH3 is 1. The molecule has 1 aromatic carbocycles. The molecule has 2 N–H and O–H groups in total. The van der Waals surface area contributed by atoms with Gasteiger partial charge in [0.25, 0.3) is 11.8 Å². The van der Waals surface area contributed by atoms with Crippen LogP contribution < -0.4 is 20.3 Å². The second-order valence-corrected chi connectivity index (χ2v) is 9.28. The quantitative estimate of drug-likeness (QED) is 0.506. The zero-order valence-electron chi connectivity index (χ0n) is 20.9. The van der Waals surface area contributed by atoms with E-state index in [9.17, 15) is 9.59 Å². The van der Waals surface area contributed by atoms with E-state index < -0.39 is 0 Å². The summed E-state index contributed by atoms with van der Waals surface area (Å²) in [6, 6.07) is 10.1. The summed E-state index contributed by atoms with van der Waals surface area (Å²) in [4.78, 5) is 32.4. The maximum atomic E-state index is 13.0. The van der Waals surface area contributed by atoms with Crippen molar-refractivity contribution in [3.05, 3.63) is 53.2 Å². The molecule has 8 nitrogen and oxygen atoms in total. The Morgan fingerprint density at radius 3 is 2.54 bits per heavy atom. The number of benzene rings is 1. The largest absolute Gasteiger partial charge is 0.496 e. The lowest BCUT2D eigenvalue weighted by molar-refractivity contribution is 0.0922. The van der Waals surface area contributed by atoms with Crippen LogP contribution in [0.3, 0.4) is 0 Å². The summed E-state index contributed by atoms with van der Waals surface area (Å²) >= 11 is 0. The van der Waals surface area contributed by atoms with Crippen LogP contribution in [0.5, 0.6) is 5.75 Å². The monoisotopic (exact) mass is 480 g/mol. The lowest BCUT2D eigenvalue weighted by Gasteiger charge is -2.40. The lowest BCUT2D eigenvalue weighted by Crippen LogP contribution is -2.50. The van der Waals surface area contributed by atoms with Crippen LogP contribution in [0.2, 0.25) is 0 Å². The topological polar surface area (TPSA) is 92.8 Å². The molecule has 8 heteroatoms. The van der Waals surface area contributed by atoms with Gasteiger partial charge in [-0.3, -0.25) is 9.59 Å². The van der Waals surface area contributed by atoms with E-state index in [0.717, 1.165) is 49.2 Å². The molecule has 35 heavy (non-hydrogen) atoms. The van der Waals surface area contributed by atoms with Gasteiger partial charge in [-0.15, -0.1) is 0 Å². The number of carbonyl (C=O) groups excluding carboxylic acids is 2. The number of pyridine rings is 1. The van der Waals surface area contributed by atoms with Gasteiger partial charge in [-0.05, 0) is 70.2 Å². The number of anilines is 1. The molecule has 1 aromatic heterocycles. The van der Waals surface area contributed by atoms with Crippen LogP contribution in [0.4, 0.5) is 5.82 Å². The normalized spacial score (nSPS) is 21.0. The van der Waals surface area contributed by atoms with Crippen molar-refractivity contribution < 1.29 is 19.1 Å². The fourth-order valence-electron chi connectivity index (χ4n) is 5.31. The number of nitrogens with one attached hydrogen (secondary N) is 2. The fourth-order valence-corrected chi connectivity index (χ4v) is 5.31. The molecule has 2 saturated heterocycles. The highest BCUT2D eigenvalue weighted by Crippen LogP contribution is 2.38. The van der Waals surface area contributed by atoms with Gasteiger partial charge in [0.1, 0.15) is 11.6 Å². The second kappa shape index (κ2) is 11.5. The minimum atomic E-state index is -0.113. The number of nitrogens with zero attached hydrogens (tertiary/aromatic N) is 2. The molecule has 0 aliphatic carbocycles. The SMILES string of the molecule is CCOCCCNC(=O)c1ccc(N2C3CCC2CC(NC(=O)c2cccc(OC)c2C)C3)nc1. The van der Waals surface area contributed by atoms with E-state index in [1.165, 1.54) is 0 Å². The maximum absolute atomic E-state index is 13.0. The summed E-state index contributed by atoms with van der Waals surface area (Å²) in [5, 5.41) is 6.17. The van der Waals surface area contributed by atoms with Crippen molar-refractivity contribution in [1.82, 2.24) is 15.6 Å². The van der Waals surface area contributed by atoms with Gasteiger partial charge in [0.05, 0.1) is 12.7 Å². The molecule has 2 aliphatic rings. The number of aromatic nitrogens is 1. The minimum Gasteiger partial charge on any atom is -0.496 e. The Morgan fingerprint density at radius 2 is 1.89 bits per heavy atom. The molecule has 2 aromatic rings. The molecule has 2 unspecified atom stereocenters. The van der Waals surface area contributed by atoms with Crippen LogP contribution >= 0.6 is 0 Å². The number of piperidine rings is 1. The van der Waals surface area contributed by atoms with Crippen molar-refractivity contribution in [1.29, 1.82) is 0 Å². The van der Waals surface area contributed by atoms with Crippen molar-refractivity contribution in [3.8, 4) is 5.75 Å². The maximum Gasteiger partial charge on any atom is 0.252 e. The third-order valence-corrected chi connectivity index (χ3v) is 7.05. The van der Waals surface area contributed by atoms with Gasteiger partial charge in [0.15, 0.2) is 0 Å². The lowest BCUT2D eigenvalue weighted by atomic mass is 9.96. The van der Waals surface area contributed by atoms with Crippen LogP contribution in [0, 0.1) is 6.92 Å². The van der Waals surface area contributed by atoms with Gasteiger partial charge >= 0.3 is 0 Å². The van der Waals surface area contributed by atoms with Crippen LogP contribution in [-0.4, -0.2) is 61.8 Å². The van der Waals surface area contributed by atoms with E-state index in [1.54, 1.807) is 13.3 Å². The molecule has 2 amide bonds. The standard InChI is InChI=1S/C27H36N4O4/c1-4-35-14-6-13-28-26(32)19-9-12-25(29-17-19)31-21-10-11-22(31)16-20(15-21)30-27(33)23-7-5-8-24(34-3)18(23)2/h5,7-9,12,17,20-22H,4,6,10-11,13-16H2,1-3H3,(H,28,32)(H,30,33). The molecule has 0 spiro atoms. The highest BCUT2D eigenvalue weighted by atomic mass is 16.5. The molecule has 2 aliphatic heterocycles. The smallest absolute Gasteiger partial charge is 0.252 e. The number of hydrogen-bond acceptors (Lipinski definition) is 6. The van der Waals surface area contributed by atoms with E-state index >= 15 is 0 Å². The van der Waals surface area contributed by atoms with Gasteiger partial charge in [0, 0.05) is 55.2 Å². The molecule has 2 bridgehead atoms. The van der Waals surface area contributed by atoms with Crippen molar-refractivity contribution in [2.24, 2.45) is 0 Å². The average molecular weight is 481 g/mol. The Bertz CT molecular complexity index is 1010. The van der Waals surface area contributed by atoms with Gasteiger partial charge in [0.2, 0.25) is 0 Å². The molecule has 0 saturated carbocycles. The molecule has 0 radical (unpaired) electrons.